The van der Waals surface area contributed by atoms with E-state index >= 15 is 0 Å². The molecule has 0 saturated heterocycles. The minimum absolute atomic E-state index is 0.186. The molecular formula is C18H19N3O3S. The fraction of sp³-hybridized carbons (Fsp3) is 0.167. The molecule has 0 radical (unpaired) electrons. The van der Waals surface area contributed by atoms with Gasteiger partial charge in [0.25, 0.3) is 5.91 Å². The Morgan fingerprint density at radius 2 is 1.84 bits per heavy atom. The number of amides is 1. The van der Waals surface area contributed by atoms with E-state index in [0.717, 1.165) is 29.1 Å². The van der Waals surface area contributed by atoms with Gasteiger partial charge >= 0.3 is 0 Å². The smallest absolute Gasteiger partial charge is 0.251 e. The minimum Gasteiger partial charge on any atom is -0.361 e. The lowest BCUT2D eigenvalue weighted by Crippen LogP contribution is -2.25. The van der Waals surface area contributed by atoms with E-state index < -0.39 is 10.0 Å². The molecule has 1 heterocycles. The van der Waals surface area contributed by atoms with Crippen molar-refractivity contribution < 1.29 is 13.2 Å². The summed E-state index contributed by atoms with van der Waals surface area (Å²) in [6.45, 7) is 0.526. The van der Waals surface area contributed by atoms with Crippen LogP contribution in [0.2, 0.25) is 0 Å². The molecule has 0 unspecified atom stereocenters. The van der Waals surface area contributed by atoms with Crippen LogP contribution in [0.4, 0.5) is 5.69 Å². The predicted molar refractivity (Wildman–Crippen MR) is 99.2 cm³/mol. The standard InChI is InChI=1S/C18H19N3O3S/c1-25(23,24)21-16-5-3-14(4-6-16)18(22)20-10-8-13-2-7-17-15(12-13)9-11-19-17/h2-7,9,11-12,19,21H,8,10H2,1H3,(H,20,22). The van der Waals surface area contributed by atoms with Crippen molar-refractivity contribution in [1.82, 2.24) is 10.3 Å². The number of H-pyrrole nitrogens is 1. The van der Waals surface area contributed by atoms with Crippen molar-refractivity contribution in [2.45, 2.75) is 6.42 Å². The van der Waals surface area contributed by atoms with Crippen LogP contribution in [0.3, 0.4) is 0 Å². The SMILES string of the molecule is CS(=O)(=O)Nc1ccc(C(=O)NCCc2ccc3[nH]ccc3c2)cc1. The number of aromatic nitrogens is 1. The zero-order valence-corrected chi connectivity index (χ0v) is 14.6. The number of rotatable bonds is 6. The molecule has 0 fully saturated rings. The molecule has 6 nitrogen and oxygen atoms in total. The average Bonchev–Trinajstić information content (AvgIpc) is 3.01. The molecule has 0 aliphatic heterocycles. The molecular weight excluding hydrogens is 338 g/mol. The zero-order chi connectivity index (χ0) is 17.9. The Balaban J connectivity index is 1.55. The highest BCUT2D eigenvalue weighted by Crippen LogP contribution is 2.14. The first-order valence-electron chi connectivity index (χ1n) is 7.83. The summed E-state index contributed by atoms with van der Waals surface area (Å²) in [7, 11) is -3.32. The summed E-state index contributed by atoms with van der Waals surface area (Å²) < 4.78 is 24.7. The van der Waals surface area contributed by atoms with E-state index in [2.05, 4.69) is 21.1 Å². The second-order valence-electron chi connectivity index (χ2n) is 5.86. The molecule has 3 aromatic rings. The minimum atomic E-state index is -3.32. The molecule has 0 aliphatic rings. The van der Waals surface area contributed by atoms with Gasteiger partial charge in [0.1, 0.15) is 0 Å². The van der Waals surface area contributed by atoms with Crippen LogP contribution in [0.5, 0.6) is 0 Å². The number of aromatic amines is 1. The molecule has 0 aliphatic carbocycles. The summed E-state index contributed by atoms with van der Waals surface area (Å²) in [5, 5.41) is 4.02. The predicted octanol–water partition coefficient (Wildman–Crippen LogP) is 2.51. The topological polar surface area (TPSA) is 91.1 Å². The van der Waals surface area contributed by atoms with Gasteiger partial charge in [-0.2, -0.15) is 0 Å². The van der Waals surface area contributed by atoms with Crippen molar-refractivity contribution in [2.24, 2.45) is 0 Å². The van der Waals surface area contributed by atoms with E-state index in [1.165, 1.54) is 0 Å². The molecule has 25 heavy (non-hydrogen) atoms. The number of anilines is 1. The van der Waals surface area contributed by atoms with E-state index in [4.69, 9.17) is 0 Å². The van der Waals surface area contributed by atoms with Crippen molar-refractivity contribution in [1.29, 1.82) is 0 Å². The maximum Gasteiger partial charge on any atom is 0.251 e. The lowest BCUT2D eigenvalue weighted by molar-refractivity contribution is 0.0954. The summed E-state index contributed by atoms with van der Waals surface area (Å²) in [5.74, 6) is -0.186. The van der Waals surface area contributed by atoms with Crippen LogP contribution < -0.4 is 10.0 Å². The number of hydrogen-bond acceptors (Lipinski definition) is 3. The van der Waals surface area contributed by atoms with Crippen LogP contribution in [0.15, 0.2) is 54.7 Å². The molecule has 3 rings (SSSR count). The summed E-state index contributed by atoms with van der Waals surface area (Å²) in [4.78, 5) is 15.3. The maximum absolute atomic E-state index is 12.1. The fourth-order valence-corrected chi connectivity index (χ4v) is 3.15. The van der Waals surface area contributed by atoms with Gasteiger partial charge in [0, 0.05) is 29.5 Å². The van der Waals surface area contributed by atoms with Gasteiger partial charge in [-0.25, -0.2) is 8.42 Å². The lowest BCUT2D eigenvalue weighted by atomic mass is 10.1. The summed E-state index contributed by atoms with van der Waals surface area (Å²) >= 11 is 0. The van der Waals surface area contributed by atoms with Gasteiger partial charge in [0.2, 0.25) is 10.0 Å². The van der Waals surface area contributed by atoms with Crippen LogP contribution in [0, 0.1) is 0 Å². The molecule has 1 aromatic heterocycles. The molecule has 7 heteroatoms. The van der Waals surface area contributed by atoms with Crippen molar-refractivity contribution >= 4 is 32.5 Å². The molecule has 2 aromatic carbocycles. The van der Waals surface area contributed by atoms with Crippen LogP contribution in [0.25, 0.3) is 10.9 Å². The lowest BCUT2D eigenvalue weighted by Gasteiger charge is -2.07. The Kier molecular flexibility index (Phi) is 4.76. The third-order valence-corrected chi connectivity index (χ3v) is 4.37. The highest BCUT2D eigenvalue weighted by molar-refractivity contribution is 7.92. The third-order valence-electron chi connectivity index (χ3n) is 3.77. The summed E-state index contributed by atoms with van der Waals surface area (Å²) in [6, 6.07) is 14.5. The maximum atomic E-state index is 12.1. The molecule has 3 N–H and O–H groups in total. The second-order valence-corrected chi connectivity index (χ2v) is 7.61. The highest BCUT2D eigenvalue weighted by atomic mass is 32.2. The van der Waals surface area contributed by atoms with Crippen LogP contribution >= 0.6 is 0 Å². The Labute approximate surface area is 146 Å². The molecule has 130 valence electrons. The number of sulfonamides is 1. The van der Waals surface area contributed by atoms with Gasteiger partial charge in [-0.3, -0.25) is 9.52 Å². The second kappa shape index (κ2) is 6.98. The molecule has 0 spiro atoms. The number of fused-ring (bicyclic) bond motifs is 1. The van der Waals surface area contributed by atoms with Gasteiger partial charge in [-0.1, -0.05) is 6.07 Å². The molecule has 0 atom stereocenters. The van der Waals surface area contributed by atoms with Gasteiger partial charge in [0.15, 0.2) is 0 Å². The Hall–Kier alpha value is -2.80. The zero-order valence-electron chi connectivity index (χ0n) is 13.7. The van der Waals surface area contributed by atoms with Crippen molar-refractivity contribution in [2.75, 3.05) is 17.5 Å². The van der Waals surface area contributed by atoms with E-state index in [9.17, 15) is 13.2 Å². The first-order valence-corrected chi connectivity index (χ1v) is 9.72. The normalized spacial score (nSPS) is 11.4. The van der Waals surface area contributed by atoms with Gasteiger partial charge in [0.05, 0.1) is 6.26 Å². The van der Waals surface area contributed by atoms with E-state index in [1.54, 1.807) is 24.3 Å². The van der Waals surface area contributed by atoms with Crippen LogP contribution in [-0.4, -0.2) is 32.1 Å². The third kappa shape index (κ3) is 4.60. The van der Waals surface area contributed by atoms with Crippen LogP contribution in [0.1, 0.15) is 15.9 Å². The van der Waals surface area contributed by atoms with E-state index in [0.29, 0.717) is 17.8 Å². The summed E-state index contributed by atoms with van der Waals surface area (Å²) in [5.41, 5.74) is 3.16. The Bertz CT molecular complexity index is 992. The first-order chi connectivity index (χ1) is 11.9. The van der Waals surface area contributed by atoms with Crippen LogP contribution in [-0.2, 0) is 16.4 Å². The van der Waals surface area contributed by atoms with Gasteiger partial charge in [-0.05, 0) is 59.8 Å². The number of carbonyl (C=O) groups is 1. The van der Waals surface area contributed by atoms with Gasteiger partial charge < -0.3 is 10.3 Å². The van der Waals surface area contributed by atoms with E-state index in [1.807, 2.05) is 24.4 Å². The number of benzene rings is 2. The summed E-state index contributed by atoms with van der Waals surface area (Å²) in [6.07, 6.45) is 3.72. The number of nitrogens with one attached hydrogen (secondary N) is 3. The number of hydrogen-bond donors (Lipinski definition) is 3. The van der Waals surface area contributed by atoms with Crippen molar-refractivity contribution in [3.05, 3.63) is 65.9 Å². The Morgan fingerprint density at radius 1 is 1.08 bits per heavy atom. The Morgan fingerprint density at radius 3 is 2.56 bits per heavy atom. The van der Waals surface area contributed by atoms with E-state index in [-0.39, 0.29) is 5.91 Å². The van der Waals surface area contributed by atoms with Crippen molar-refractivity contribution in [3.63, 3.8) is 0 Å². The number of carbonyl (C=O) groups excluding carboxylic acids is 1. The largest absolute Gasteiger partial charge is 0.361 e. The average molecular weight is 357 g/mol. The molecule has 0 bridgehead atoms. The fourth-order valence-electron chi connectivity index (χ4n) is 2.58. The molecule has 1 amide bonds. The molecule has 0 saturated carbocycles. The highest BCUT2D eigenvalue weighted by Gasteiger charge is 2.07. The van der Waals surface area contributed by atoms with Crippen molar-refractivity contribution in [3.8, 4) is 0 Å². The monoisotopic (exact) mass is 357 g/mol. The van der Waals surface area contributed by atoms with Gasteiger partial charge in [-0.15, -0.1) is 0 Å². The first kappa shape index (κ1) is 17.0. The quantitative estimate of drug-likeness (QED) is 0.633.